The maximum absolute atomic E-state index is 12.6. The van der Waals surface area contributed by atoms with Crippen molar-refractivity contribution in [3.05, 3.63) is 65.2 Å². The molecule has 0 saturated carbocycles. The molecule has 1 saturated heterocycles. The number of hydrogen-bond acceptors (Lipinski definition) is 4. The Bertz CT molecular complexity index is 1040. The van der Waals surface area contributed by atoms with Crippen molar-refractivity contribution in [1.82, 2.24) is 9.88 Å². The van der Waals surface area contributed by atoms with Gasteiger partial charge in [0.05, 0.1) is 16.3 Å². The van der Waals surface area contributed by atoms with E-state index in [1.807, 2.05) is 60.4 Å². The van der Waals surface area contributed by atoms with Crippen molar-refractivity contribution in [2.45, 2.75) is 25.8 Å². The van der Waals surface area contributed by atoms with Crippen LogP contribution in [0.1, 0.15) is 36.4 Å². The van der Waals surface area contributed by atoms with E-state index in [-0.39, 0.29) is 17.9 Å². The molecule has 2 heterocycles. The van der Waals surface area contributed by atoms with Gasteiger partial charge in [0.15, 0.2) is 0 Å². The summed E-state index contributed by atoms with van der Waals surface area (Å²) < 4.78 is 1.13. The molecule has 29 heavy (non-hydrogen) atoms. The molecular formula is C23H23N3O2S. The lowest BCUT2D eigenvalue weighted by molar-refractivity contribution is -0.126. The minimum atomic E-state index is -0.104. The highest BCUT2D eigenvalue weighted by atomic mass is 32.1. The Morgan fingerprint density at radius 3 is 2.66 bits per heavy atom. The van der Waals surface area contributed by atoms with Gasteiger partial charge in [-0.15, -0.1) is 11.3 Å². The van der Waals surface area contributed by atoms with Crippen molar-refractivity contribution in [3.8, 4) is 0 Å². The number of thiazole rings is 1. The zero-order valence-electron chi connectivity index (χ0n) is 16.5. The first-order valence-corrected chi connectivity index (χ1v) is 10.6. The summed E-state index contributed by atoms with van der Waals surface area (Å²) in [6.07, 6.45) is 4.92. The first-order chi connectivity index (χ1) is 14.0. The van der Waals surface area contributed by atoms with E-state index in [1.165, 1.54) is 0 Å². The molecule has 1 fully saturated rings. The van der Waals surface area contributed by atoms with Crippen LogP contribution in [-0.2, 0) is 9.59 Å². The van der Waals surface area contributed by atoms with Crippen LogP contribution in [-0.4, -0.2) is 35.3 Å². The predicted octanol–water partition coefficient (Wildman–Crippen LogP) is 4.66. The molecule has 4 rings (SSSR count). The van der Waals surface area contributed by atoms with Crippen molar-refractivity contribution in [2.24, 2.45) is 0 Å². The number of amides is 2. The number of carbonyl (C=O) groups is 2. The Kier molecular flexibility index (Phi) is 5.45. The third-order valence-electron chi connectivity index (χ3n) is 5.29. The van der Waals surface area contributed by atoms with Gasteiger partial charge in [0.25, 0.3) is 0 Å². The Hall–Kier alpha value is -2.99. The number of hydrogen-bond donors (Lipinski definition) is 0. The summed E-state index contributed by atoms with van der Waals surface area (Å²) in [6, 6.07) is 15.6. The zero-order chi connectivity index (χ0) is 20.4. The molecule has 3 aromatic rings. The molecule has 148 valence electrons. The standard InChI is InChI=1S/C23H23N3O2S/c1-16(23-24-19-6-3-4-7-20(19)29-23)25(2)21(27)14-11-17-9-12-18(13-10-17)26-15-5-8-22(26)28/h3-4,6-7,9-14,16H,5,8,15H2,1-2H3/b14-11+. The molecule has 5 nitrogen and oxygen atoms in total. The molecule has 1 unspecified atom stereocenters. The third-order valence-corrected chi connectivity index (χ3v) is 6.50. The van der Waals surface area contributed by atoms with Crippen LogP contribution in [0.25, 0.3) is 16.3 Å². The number of likely N-dealkylation sites (N-methyl/N-ethyl adjacent to an activating group) is 1. The van der Waals surface area contributed by atoms with Gasteiger partial charge in [0.1, 0.15) is 5.01 Å². The van der Waals surface area contributed by atoms with Crippen molar-refractivity contribution in [2.75, 3.05) is 18.5 Å². The molecule has 1 atom stereocenters. The van der Waals surface area contributed by atoms with E-state index < -0.39 is 0 Å². The molecule has 0 N–H and O–H groups in total. The summed E-state index contributed by atoms with van der Waals surface area (Å²) >= 11 is 1.62. The van der Waals surface area contributed by atoms with Crippen LogP contribution >= 0.6 is 11.3 Å². The van der Waals surface area contributed by atoms with E-state index in [2.05, 4.69) is 4.98 Å². The molecule has 1 aromatic heterocycles. The highest BCUT2D eigenvalue weighted by Crippen LogP contribution is 2.29. The van der Waals surface area contributed by atoms with Crippen molar-refractivity contribution in [1.29, 1.82) is 0 Å². The summed E-state index contributed by atoms with van der Waals surface area (Å²) in [5.41, 5.74) is 2.81. The molecule has 1 aliphatic heterocycles. The Labute approximate surface area is 174 Å². The predicted molar refractivity (Wildman–Crippen MR) is 118 cm³/mol. The van der Waals surface area contributed by atoms with Gasteiger partial charge in [-0.05, 0) is 49.2 Å². The summed E-state index contributed by atoms with van der Waals surface area (Å²) in [5.74, 6) is 0.101. The van der Waals surface area contributed by atoms with E-state index in [9.17, 15) is 9.59 Å². The van der Waals surface area contributed by atoms with Gasteiger partial charge < -0.3 is 9.80 Å². The monoisotopic (exact) mass is 405 g/mol. The highest BCUT2D eigenvalue weighted by Gasteiger charge is 2.21. The molecular weight excluding hydrogens is 382 g/mol. The van der Waals surface area contributed by atoms with E-state index in [0.29, 0.717) is 6.42 Å². The zero-order valence-corrected chi connectivity index (χ0v) is 17.4. The highest BCUT2D eigenvalue weighted by molar-refractivity contribution is 7.18. The minimum Gasteiger partial charge on any atom is -0.333 e. The average Bonchev–Trinajstić information content (AvgIpc) is 3.37. The number of fused-ring (bicyclic) bond motifs is 1. The minimum absolute atomic E-state index is 0.0736. The van der Waals surface area contributed by atoms with Crippen LogP contribution < -0.4 is 4.90 Å². The second-order valence-electron chi connectivity index (χ2n) is 7.22. The van der Waals surface area contributed by atoms with Crippen molar-refractivity contribution < 1.29 is 9.59 Å². The summed E-state index contributed by atoms with van der Waals surface area (Å²) in [4.78, 5) is 32.6. The lowest BCUT2D eigenvalue weighted by atomic mass is 10.1. The summed E-state index contributed by atoms with van der Waals surface area (Å²) in [6.45, 7) is 2.77. The number of para-hydroxylation sites is 1. The smallest absolute Gasteiger partial charge is 0.246 e. The molecule has 0 radical (unpaired) electrons. The molecule has 2 aromatic carbocycles. The van der Waals surface area contributed by atoms with E-state index in [4.69, 9.17) is 0 Å². The van der Waals surface area contributed by atoms with Crippen LogP contribution in [0.3, 0.4) is 0 Å². The number of benzene rings is 2. The Morgan fingerprint density at radius 1 is 1.21 bits per heavy atom. The van der Waals surface area contributed by atoms with Gasteiger partial charge >= 0.3 is 0 Å². The normalized spacial score (nSPS) is 15.4. The first-order valence-electron chi connectivity index (χ1n) is 9.74. The maximum Gasteiger partial charge on any atom is 0.246 e. The third kappa shape index (κ3) is 4.07. The number of carbonyl (C=O) groups excluding carboxylic acids is 2. The fraction of sp³-hybridized carbons (Fsp3) is 0.261. The van der Waals surface area contributed by atoms with Crippen LogP contribution in [0.2, 0.25) is 0 Å². The van der Waals surface area contributed by atoms with Gasteiger partial charge in [-0.2, -0.15) is 0 Å². The largest absolute Gasteiger partial charge is 0.333 e. The number of nitrogens with zero attached hydrogens (tertiary/aromatic N) is 3. The van der Waals surface area contributed by atoms with E-state index >= 15 is 0 Å². The van der Waals surface area contributed by atoms with Gasteiger partial charge in [0, 0.05) is 31.8 Å². The fourth-order valence-electron chi connectivity index (χ4n) is 3.40. The van der Waals surface area contributed by atoms with E-state index in [1.54, 1.807) is 35.4 Å². The van der Waals surface area contributed by atoms with Crippen molar-refractivity contribution in [3.63, 3.8) is 0 Å². The fourth-order valence-corrected chi connectivity index (χ4v) is 4.46. The van der Waals surface area contributed by atoms with Crippen LogP contribution in [0.15, 0.2) is 54.6 Å². The molecule has 0 spiro atoms. The molecule has 2 amide bonds. The van der Waals surface area contributed by atoms with Gasteiger partial charge in [-0.25, -0.2) is 4.98 Å². The van der Waals surface area contributed by atoms with Crippen LogP contribution in [0.4, 0.5) is 5.69 Å². The van der Waals surface area contributed by atoms with Crippen molar-refractivity contribution >= 4 is 45.1 Å². The van der Waals surface area contributed by atoms with Crippen LogP contribution in [0, 0.1) is 0 Å². The first kappa shape index (κ1) is 19.3. The quantitative estimate of drug-likeness (QED) is 0.580. The number of anilines is 1. The number of aromatic nitrogens is 1. The second-order valence-corrected chi connectivity index (χ2v) is 8.28. The Balaban J connectivity index is 1.42. The SMILES string of the molecule is CC(c1nc2ccccc2s1)N(C)C(=O)/C=C/c1ccc(N2CCCC2=O)cc1. The van der Waals surface area contributed by atoms with Gasteiger partial charge in [-0.1, -0.05) is 24.3 Å². The molecule has 1 aliphatic rings. The van der Waals surface area contributed by atoms with Crippen LogP contribution in [0.5, 0.6) is 0 Å². The summed E-state index contributed by atoms with van der Waals surface area (Å²) in [7, 11) is 1.80. The summed E-state index contributed by atoms with van der Waals surface area (Å²) in [5, 5.41) is 0.926. The van der Waals surface area contributed by atoms with Gasteiger partial charge in [-0.3, -0.25) is 9.59 Å². The second kappa shape index (κ2) is 8.17. The van der Waals surface area contributed by atoms with Gasteiger partial charge in [0.2, 0.25) is 11.8 Å². The van der Waals surface area contributed by atoms with E-state index in [0.717, 1.165) is 39.4 Å². The maximum atomic E-state index is 12.6. The lowest BCUT2D eigenvalue weighted by Gasteiger charge is -2.21. The topological polar surface area (TPSA) is 53.5 Å². The molecule has 6 heteroatoms. The molecule has 0 bridgehead atoms. The number of rotatable bonds is 5. The lowest BCUT2D eigenvalue weighted by Crippen LogP contribution is -2.27. The average molecular weight is 406 g/mol. The Morgan fingerprint density at radius 2 is 1.97 bits per heavy atom. The molecule has 0 aliphatic carbocycles.